The van der Waals surface area contributed by atoms with Gasteiger partial charge in [-0.1, -0.05) is 6.92 Å². The van der Waals surface area contributed by atoms with E-state index in [1.54, 1.807) is 11.3 Å². The van der Waals surface area contributed by atoms with E-state index in [1.165, 1.54) is 4.88 Å². The summed E-state index contributed by atoms with van der Waals surface area (Å²) in [5.74, 6) is 0. The normalized spacial score (nSPS) is 10.3. The Labute approximate surface area is 111 Å². The number of anilines is 2. The van der Waals surface area contributed by atoms with E-state index in [9.17, 15) is 0 Å². The lowest BCUT2D eigenvalue weighted by Gasteiger charge is -2.08. The lowest BCUT2D eigenvalue weighted by molar-refractivity contribution is 0.977. The van der Waals surface area contributed by atoms with Crippen LogP contribution >= 0.6 is 11.3 Å². The first kappa shape index (κ1) is 12.8. The van der Waals surface area contributed by atoms with Crippen LogP contribution < -0.4 is 10.6 Å². The first-order valence-electron chi connectivity index (χ1n) is 6.12. The molecule has 96 valence electrons. The molecule has 0 radical (unpaired) electrons. The smallest absolute Gasteiger partial charge is 0.0897 e. The molecule has 0 spiro atoms. The summed E-state index contributed by atoms with van der Waals surface area (Å²) in [5, 5.41) is 7.78. The predicted octanol–water partition coefficient (Wildman–Crippen LogP) is 3.28. The summed E-state index contributed by atoms with van der Waals surface area (Å²) < 4.78 is 0. The third-order valence-corrected chi connectivity index (χ3v) is 3.37. The average molecular weight is 262 g/mol. The van der Waals surface area contributed by atoms with Gasteiger partial charge in [0.05, 0.1) is 35.3 Å². The summed E-state index contributed by atoms with van der Waals surface area (Å²) in [6, 6.07) is 2.08. The van der Waals surface area contributed by atoms with Gasteiger partial charge in [-0.15, -0.1) is 11.3 Å². The average Bonchev–Trinajstić information content (AvgIpc) is 2.80. The molecule has 2 N–H and O–H groups in total. The lowest BCUT2D eigenvalue weighted by Crippen LogP contribution is -2.02. The van der Waals surface area contributed by atoms with Crippen LogP contribution in [0.25, 0.3) is 0 Å². The van der Waals surface area contributed by atoms with Gasteiger partial charge in [0.25, 0.3) is 0 Å². The van der Waals surface area contributed by atoms with Gasteiger partial charge in [-0.05, 0) is 19.4 Å². The van der Waals surface area contributed by atoms with Crippen LogP contribution in [0.3, 0.4) is 0 Å². The van der Waals surface area contributed by atoms with Gasteiger partial charge >= 0.3 is 0 Å². The van der Waals surface area contributed by atoms with E-state index in [1.807, 2.05) is 25.5 Å². The summed E-state index contributed by atoms with van der Waals surface area (Å²) in [6.07, 6.45) is 6.71. The van der Waals surface area contributed by atoms with Gasteiger partial charge in [-0.25, -0.2) is 4.98 Å². The van der Waals surface area contributed by atoms with Gasteiger partial charge in [-0.3, -0.25) is 4.98 Å². The molecule has 2 rings (SSSR count). The lowest BCUT2D eigenvalue weighted by atomic mass is 10.3. The van der Waals surface area contributed by atoms with Gasteiger partial charge in [-0.2, -0.15) is 0 Å². The van der Waals surface area contributed by atoms with Crippen molar-refractivity contribution < 1.29 is 0 Å². The van der Waals surface area contributed by atoms with Gasteiger partial charge in [0.15, 0.2) is 0 Å². The monoisotopic (exact) mass is 262 g/mol. The number of hydrogen-bond donors (Lipinski definition) is 2. The van der Waals surface area contributed by atoms with Crippen LogP contribution in [0.15, 0.2) is 24.7 Å². The minimum absolute atomic E-state index is 0.796. The number of hydrogen-bond acceptors (Lipinski definition) is 5. The zero-order valence-electron chi connectivity index (χ0n) is 10.7. The van der Waals surface area contributed by atoms with E-state index in [2.05, 4.69) is 33.6 Å². The summed E-state index contributed by atoms with van der Waals surface area (Å²) >= 11 is 1.72. The fourth-order valence-electron chi connectivity index (χ4n) is 1.58. The Morgan fingerprint density at radius 3 is 2.61 bits per heavy atom. The standard InChI is InChI=1S/C13H18N4S/c1-3-4-15-11-5-12(7-14-6-11)17-9-13-8-16-10(2)18-13/h5-8,15,17H,3-4,9H2,1-2H3. The van der Waals surface area contributed by atoms with Crippen LogP contribution in [-0.2, 0) is 6.54 Å². The Hall–Kier alpha value is -1.62. The minimum atomic E-state index is 0.796. The molecule has 0 unspecified atom stereocenters. The number of rotatable bonds is 6. The fraction of sp³-hybridized carbons (Fsp3) is 0.385. The Morgan fingerprint density at radius 2 is 1.94 bits per heavy atom. The molecule has 0 fully saturated rings. The largest absolute Gasteiger partial charge is 0.384 e. The SMILES string of the molecule is CCCNc1cncc(NCc2cnc(C)s2)c1. The summed E-state index contributed by atoms with van der Waals surface area (Å²) in [7, 11) is 0. The first-order chi connectivity index (χ1) is 8.78. The maximum absolute atomic E-state index is 4.24. The highest BCUT2D eigenvalue weighted by Gasteiger charge is 1.99. The molecule has 0 bridgehead atoms. The van der Waals surface area contributed by atoms with Gasteiger partial charge in [0.2, 0.25) is 0 Å². The van der Waals surface area contributed by atoms with E-state index in [0.29, 0.717) is 0 Å². The van der Waals surface area contributed by atoms with E-state index in [0.717, 1.165) is 35.9 Å². The molecule has 18 heavy (non-hydrogen) atoms. The quantitative estimate of drug-likeness (QED) is 0.839. The molecule has 4 nitrogen and oxygen atoms in total. The molecule has 5 heteroatoms. The Kier molecular flexibility index (Phi) is 4.52. The molecule has 0 aromatic carbocycles. The molecule has 0 saturated carbocycles. The zero-order valence-corrected chi connectivity index (χ0v) is 11.5. The second kappa shape index (κ2) is 6.35. The van der Waals surface area contributed by atoms with Crippen molar-refractivity contribution in [1.82, 2.24) is 9.97 Å². The van der Waals surface area contributed by atoms with E-state index < -0.39 is 0 Å². The van der Waals surface area contributed by atoms with Gasteiger partial charge < -0.3 is 10.6 Å². The minimum Gasteiger partial charge on any atom is -0.384 e. The number of aromatic nitrogens is 2. The Balaban J connectivity index is 1.92. The number of pyridine rings is 1. The topological polar surface area (TPSA) is 49.8 Å². The van der Waals surface area contributed by atoms with Crippen molar-refractivity contribution in [3.8, 4) is 0 Å². The Bertz CT molecular complexity index is 495. The number of nitrogens with zero attached hydrogens (tertiary/aromatic N) is 2. The van der Waals surface area contributed by atoms with Crippen LogP contribution in [0.2, 0.25) is 0 Å². The second-order valence-electron chi connectivity index (χ2n) is 4.09. The fourth-order valence-corrected chi connectivity index (χ4v) is 2.31. The molecule has 0 aliphatic rings. The zero-order chi connectivity index (χ0) is 12.8. The van der Waals surface area contributed by atoms with Crippen molar-refractivity contribution in [2.24, 2.45) is 0 Å². The molecule has 0 atom stereocenters. The molecule has 0 aliphatic heterocycles. The second-order valence-corrected chi connectivity index (χ2v) is 5.41. The van der Waals surface area contributed by atoms with E-state index in [4.69, 9.17) is 0 Å². The first-order valence-corrected chi connectivity index (χ1v) is 6.93. The molecule has 2 heterocycles. The highest BCUT2D eigenvalue weighted by molar-refractivity contribution is 7.11. The summed E-state index contributed by atoms with van der Waals surface area (Å²) in [5.41, 5.74) is 2.09. The number of nitrogens with one attached hydrogen (secondary N) is 2. The van der Waals surface area contributed by atoms with Crippen LogP contribution in [0.1, 0.15) is 23.2 Å². The maximum Gasteiger partial charge on any atom is 0.0897 e. The molecule has 0 aliphatic carbocycles. The van der Waals surface area contributed by atoms with Gasteiger partial charge in [0.1, 0.15) is 0 Å². The van der Waals surface area contributed by atoms with Crippen molar-refractivity contribution in [3.05, 3.63) is 34.5 Å². The highest BCUT2D eigenvalue weighted by Crippen LogP contribution is 2.16. The van der Waals surface area contributed by atoms with E-state index in [-0.39, 0.29) is 0 Å². The molecule has 2 aromatic rings. The van der Waals surface area contributed by atoms with Gasteiger partial charge in [0, 0.05) is 17.6 Å². The van der Waals surface area contributed by atoms with Crippen LogP contribution in [0.5, 0.6) is 0 Å². The maximum atomic E-state index is 4.24. The van der Waals surface area contributed by atoms with Crippen LogP contribution in [0.4, 0.5) is 11.4 Å². The summed E-state index contributed by atoms with van der Waals surface area (Å²) in [6.45, 7) is 5.93. The molecule has 2 aromatic heterocycles. The van der Waals surface area contributed by atoms with Crippen molar-refractivity contribution in [2.75, 3.05) is 17.2 Å². The molecule has 0 saturated heterocycles. The van der Waals surface area contributed by atoms with Crippen LogP contribution in [0, 0.1) is 6.92 Å². The molecule has 0 amide bonds. The third kappa shape index (κ3) is 3.70. The van der Waals surface area contributed by atoms with E-state index >= 15 is 0 Å². The number of aryl methyl sites for hydroxylation is 1. The van der Waals surface area contributed by atoms with Crippen LogP contribution in [-0.4, -0.2) is 16.5 Å². The Morgan fingerprint density at radius 1 is 1.17 bits per heavy atom. The van der Waals surface area contributed by atoms with Crippen molar-refractivity contribution in [1.29, 1.82) is 0 Å². The molecular weight excluding hydrogens is 244 g/mol. The van der Waals surface area contributed by atoms with Crippen molar-refractivity contribution in [2.45, 2.75) is 26.8 Å². The molecular formula is C13H18N4S. The highest BCUT2D eigenvalue weighted by atomic mass is 32.1. The van der Waals surface area contributed by atoms with Crippen molar-refractivity contribution >= 4 is 22.7 Å². The third-order valence-electron chi connectivity index (χ3n) is 2.45. The van der Waals surface area contributed by atoms with Crippen molar-refractivity contribution in [3.63, 3.8) is 0 Å². The predicted molar refractivity (Wildman–Crippen MR) is 77.2 cm³/mol. The summed E-state index contributed by atoms with van der Waals surface area (Å²) in [4.78, 5) is 9.69. The number of thiazole rings is 1.